The van der Waals surface area contributed by atoms with E-state index in [1.165, 1.54) is 0 Å². The number of piperidine rings is 1. The molecule has 0 atom stereocenters. The summed E-state index contributed by atoms with van der Waals surface area (Å²) in [5.74, 6) is -1.34. The predicted molar refractivity (Wildman–Crippen MR) is 90.8 cm³/mol. The molecular formula is C18H24N2O4. The Balaban J connectivity index is 1.97. The van der Waals surface area contributed by atoms with Gasteiger partial charge in [0.05, 0.1) is 5.92 Å². The third-order valence-corrected chi connectivity index (χ3v) is 4.20. The van der Waals surface area contributed by atoms with Crippen LogP contribution in [0.1, 0.15) is 44.0 Å². The van der Waals surface area contributed by atoms with E-state index in [1.807, 2.05) is 20.8 Å². The van der Waals surface area contributed by atoms with Crippen LogP contribution in [0.15, 0.2) is 24.3 Å². The first-order chi connectivity index (χ1) is 11.2. The highest BCUT2D eigenvalue weighted by molar-refractivity contribution is 5.97. The summed E-state index contributed by atoms with van der Waals surface area (Å²) in [5.41, 5.74) is 0.705. The van der Waals surface area contributed by atoms with Crippen molar-refractivity contribution in [2.24, 2.45) is 11.3 Å². The first-order valence-corrected chi connectivity index (χ1v) is 8.12. The fraction of sp³-hybridized carbons (Fsp3) is 0.500. The maximum absolute atomic E-state index is 12.5. The topological polar surface area (TPSA) is 86.7 Å². The molecule has 0 aliphatic carbocycles. The number of nitrogens with one attached hydrogen (secondary N) is 1. The number of anilines is 1. The van der Waals surface area contributed by atoms with Gasteiger partial charge in [0.2, 0.25) is 5.91 Å². The molecule has 1 saturated heterocycles. The molecular weight excluding hydrogens is 308 g/mol. The number of benzene rings is 1. The Morgan fingerprint density at radius 1 is 1.08 bits per heavy atom. The second-order valence-electron chi connectivity index (χ2n) is 7.19. The molecule has 1 aliphatic rings. The number of nitrogens with zero attached hydrogens (tertiary/aromatic N) is 1. The predicted octanol–water partition coefficient (Wildman–Crippen LogP) is 2.61. The number of carboxylic acid groups (broad SMARTS) is 1. The molecule has 0 bridgehead atoms. The van der Waals surface area contributed by atoms with Crippen molar-refractivity contribution >= 4 is 23.5 Å². The van der Waals surface area contributed by atoms with Crippen molar-refractivity contribution in [2.75, 3.05) is 18.4 Å². The third-order valence-electron chi connectivity index (χ3n) is 4.20. The summed E-state index contributed by atoms with van der Waals surface area (Å²) in [7, 11) is 0. The third kappa shape index (κ3) is 4.34. The lowest BCUT2D eigenvalue weighted by molar-refractivity contribution is -0.143. The van der Waals surface area contributed by atoms with Crippen LogP contribution in [0.25, 0.3) is 0 Å². The van der Waals surface area contributed by atoms with Crippen molar-refractivity contribution in [1.29, 1.82) is 0 Å². The van der Waals surface area contributed by atoms with E-state index in [2.05, 4.69) is 5.32 Å². The molecule has 1 aromatic rings. The van der Waals surface area contributed by atoms with Crippen LogP contribution in [0.4, 0.5) is 5.69 Å². The van der Waals surface area contributed by atoms with Crippen molar-refractivity contribution < 1.29 is 19.5 Å². The van der Waals surface area contributed by atoms with Crippen molar-refractivity contribution in [3.8, 4) is 0 Å². The summed E-state index contributed by atoms with van der Waals surface area (Å²) in [4.78, 5) is 37.1. The molecule has 24 heavy (non-hydrogen) atoms. The number of likely N-dealkylation sites (tertiary alicyclic amines) is 1. The number of carboxylic acids is 1. The van der Waals surface area contributed by atoms with E-state index in [0.29, 0.717) is 37.2 Å². The number of amides is 2. The molecule has 6 heteroatoms. The van der Waals surface area contributed by atoms with Gasteiger partial charge in [-0.25, -0.2) is 0 Å². The Bertz CT molecular complexity index is 623. The fourth-order valence-electron chi connectivity index (χ4n) is 2.53. The van der Waals surface area contributed by atoms with Crippen LogP contribution < -0.4 is 5.32 Å². The first kappa shape index (κ1) is 18.0. The zero-order chi connectivity index (χ0) is 17.9. The summed E-state index contributed by atoms with van der Waals surface area (Å²) >= 11 is 0. The van der Waals surface area contributed by atoms with Gasteiger partial charge in [0.25, 0.3) is 5.91 Å². The number of hydrogen-bond acceptors (Lipinski definition) is 3. The maximum Gasteiger partial charge on any atom is 0.306 e. The monoisotopic (exact) mass is 332 g/mol. The molecule has 2 amide bonds. The average Bonchev–Trinajstić information content (AvgIpc) is 2.54. The van der Waals surface area contributed by atoms with E-state index in [1.54, 1.807) is 29.2 Å². The minimum Gasteiger partial charge on any atom is -0.481 e. The molecule has 130 valence electrons. The Morgan fingerprint density at radius 2 is 1.62 bits per heavy atom. The molecule has 0 saturated carbocycles. The standard InChI is InChI=1S/C18H24N2O4/c1-18(2,3)17(24)19-14-6-4-12(5-7-14)15(21)20-10-8-13(9-11-20)16(22)23/h4-7,13H,8-11H2,1-3H3,(H,19,24)(H,22,23). The number of carbonyl (C=O) groups is 3. The van der Waals surface area contributed by atoms with Crippen LogP contribution in [0.3, 0.4) is 0 Å². The zero-order valence-electron chi connectivity index (χ0n) is 14.3. The first-order valence-electron chi connectivity index (χ1n) is 8.12. The number of rotatable bonds is 3. The van der Waals surface area contributed by atoms with E-state index in [4.69, 9.17) is 5.11 Å². The van der Waals surface area contributed by atoms with Gasteiger partial charge in [-0.1, -0.05) is 20.8 Å². The maximum atomic E-state index is 12.5. The van der Waals surface area contributed by atoms with E-state index in [0.717, 1.165) is 0 Å². The molecule has 1 aromatic carbocycles. The highest BCUT2D eigenvalue weighted by Gasteiger charge is 2.27. The largest absolute Gasteiger partial charge is 0.481 e. The quantitative estimate of drug-likeness (QED) is 0.891. The fourth-order valence-corrected chi connectivity index (χ4v) is 2.53. The minimum atomic E-state index is -0.791. The van der Waals surface area contributed by atoms with Crippen LogP contribution >= 0.6 is 0 Å². The van der Waals surface area contributed by atoms with Gasteiger partial charge < -0.3 is 15.3 Å². The molecule has 0 radical (unpaired) electrons. The van der Waals surface area contributed by atoms with E-state index in [-0.39, 0.29) is 17.7 Å². The summed E-state index contributed by atoms with van der Waals surface area (Å²) in [5, 5.41) is 11.8. The van der Waals surface area contributed by atoms with Gasteiger partial charge in [-0.3, -0.25) is 14.4 Å². The summed E-state index contributed by atoms with van der Waals surface area (Å²) in [6, 6.07) is 6.79. The molecule has 1 fully saturated rings. The second kappa shape index (κ2) is 7.03. The molecule has 6 nitrogen and oxygen atoms in total. The highest BCUT2D eigenvalue weighted by Crippen LogP contribution is 2.21. The van der Waals surface area contributed by atoms with E-state index >= 15 is 0 Å². The van der Waals surface area contributed by atoms with Crippen LogP contribution in [0.5, 0.6) is 0 Å². The van der Waals surface area contributed by atoms with Crippen LogP contribution in [-0.4, -0.2) is 40.9 Å². The average molecular weight is 332 g/mol. The number of aliphatic carboxylic acids is 1. The van der Waals surface area contributed by atoms with Gasteiger partial charge in [-0.2, -0.15) is 0 Å². The lowest BCUT2D eigenvalue weighted by Crippen LogP contribution is -2.40. The zero-order valence-corrected chi connectivity index (χ0v) is 14.3. The normalized spacial score (nSPS) is 15.9. The van der Waals surface area contributed by atoms with Crippen molar-refractivity contribution in [1.82, 2.24) is 4.90 Å². The molecule has 2 N–H and O–H groups in total. The number of hydrogen-bond donors (Lipinski definition) is 2. The molecule has 2 rings (SSSR count). The smallest absolute Gasteiger partial charge is 0.306 e. The van der Waals surface area contributed by atoms with Crippen molar-refractivity contribution in [3.05, 3.63) is 29.8 Å². The molecule has 1 heterocycles. The summed E-state index contributed by atoms with van der Waals surface area (Å²) in [6.07, 6.45) is 0.974. The van der Waals surface area contributed by atoms with Crippen molar-refractivity contribution in [3.63, 3.8) is 0 Å². The SMILES string of the molecule is CC(C)(C)C(=O)Nc1ccc(C(=O)N2CCC(C(=O)O)CC2)cc1. The summed E-state index contributed by atoms with van der Waals surface area (Å²) < 4.78 is 0. The molecule has 0 spiro atoms. The van der Waals surface area contributed by atoms with Gasteiger partial charge in [-0.05, 0) is 37.1 Å². The molecule has 0 unspecified atom stereocenters. The van der Waals surface area contributed by atoms with Gasteiger partial charge in [0.15, 0.2) is 0 Å². The van der Waals surface area contributed by atoms with Gasteiger partial charge in [0, 0.05) is 29.8 Å². The Kier molecular flexibility index (Phi) is 5.26. The van der Waals surface area contributed by atoms with Crippen LogP contribution in [0.2, 0.25) is 0 Å². The molecule has 0 aromatic heterocycles. The summed E-state index contributed by atoms with van der Waals surface area (Å²) in [6.45, 7) is 6.42. The highest BCUT2D eigenvalue weighted by atomic mass is 16.4. The van der Waals surface area contributed by atoms with Crippen LogP contribution in [-0.2, 0) is 9.59 Å². The lowest BCUT2D eigenvalue weighted by Gasteiger charge is -2.30. The van der Waals surface area contributed by atoms with Crippen LogP contribution in [0, 0.1) is 11.3 Å². The Labute approximate surface area is 141 Å². The minimum absolute atomic E-state index is 0.0858. The van der Waals surface area contributed by atoms with Gasteiger partial charge in [0.1, 0.15) is 0 Å². The van der Waals surface area contributed by atoms with E-state index < -0.39 is 11.4 Å². The Morgan fingerprint density at radius 3 is 2.08 bits per heavy atom. The van der Waals surface area contributed by atoms with Gasteiger partial charge in [-0.15, -0.1) is 0 Å². The second-order valence-corrected chi connectivity index (χ2v) is 7.19. The lowest BCUT2D eigenvalue weighted by atomic mass is 9.95. The van der Waals surface area contributed by atoms with Gasteiger partial charge >= 0.3 is 5.97 Å². The van der Waals surface area contributed by atoms with E-state index in [9.17, 15) is 14.4 Å². The molecule has 1 aliphatic heterocycles. The number of carbonyl (C=O) groups excluding carboxylic acids is 2. The Hall–Kier alpha value is -2.37. The van der Waals surface area contributed by atoms with Crippen molar-refractivity contribution in [2.45, 2.75) is 33.6 Å².